The number of hydrazine groups is 1. The van der Waals surface area contributed by atoms with Crippen molar-refractivity contribution in [1.29, 1.82) is 0 Å². The molecule has 0 amide bonds. The maximum absolute atomic E-state index is 9.21. The fourth-order valence-corrected chi connectivity index (χ4v) is 2.09. The average Bonchev–Trinajstić information content (AvgIpc) is 2.38. The van der Waals surface area contributed by atoms with Gasteiger partial charge < -0.3 is 15.4 Å². The minimum Gasteiger partial charge on any atom is -0.395 e. The van der Waals surface area contributed by atoms with Crippen molar-refractivity contribution in [2.45, 2.75) is 39.7 Å². The minimum atomic E-state index is 0.102. The van der Waals surface area contributed by atoms with Gasteiger partial charge in [0.25, 0.3) is 0 Å². The second kappa shape index (κ2) is 7.13. The van der Waals surface area contributed by atoms with E-state index in [2.05, 4.69) is 34.1 Å². The van der Waals surface area contributed by atoms with E-state index in [4.69, 9.17) is 5.84 Å². The Bertz CT molecular complexity index is 367. The van der Waals surface area contributed by atoms with Gasteiger partial charge in [0.05, 0.1) is 6.61 Å². The summed E-state index contributed by atoms with van der Waals surface area (Å²) in [6, 6.07) is 2.16. The maximum atomic E-state index is 9.21. The van der Waals surface area contributed by atoms with Gasteiger partial charge >= 0.3 is 0 Å². The van der Waals surface area contributed by atoms with Gasteiger partial charge in [-0.05, 0) is 19.8 Å². The molecular formula is C12H23N5O. The summed E-state index contributed by atoms with van der Waals surface area (Å²) in [5.41, 5.74) is 2.54. The molecule has 0 saturated carbocycles. The van der Waals surface area contributed by atoms with E-state index in [0.717, 1.165) is 18.7 Å². The summed E-state index contributed by atoms with van der Waals surface area (Å²) in [7, 11) is 0. The topological polar surface area (TPSA) is 87.3 Å². The first-order valence-corrected chi connectivity index (χ1v) is 6.36. The lowest BCUT2D eigenvalue weighted by Gasteiger charge is -2.31. The molecule has 0 spiro atoms. The number of rotatable bonds is 7. The molecule has 0 aliphatic heterocycles. The van der Waals surface area contributed by atoms with Gasteiger partial charge in [0.15, 0.2) is 0 Å². The highest BCUT2D eigenvalue weighted by Crippen LogP contribution is 2.20. The van der Waals surface area contributed by atoms with Gasteiger partial charge in [-0.25, -0.2) is 15.8 Å². The molecule has 1 heterocycles. The van der Waals surface area contributed by atoms with Crippen molar-refractivity contribution < 1.29 is 5.11 Å². The fraction of sp³-hybridized carbons (Fsp3) is 0.667. The first kappa shape index (κ1) is 14.7. The van der Waals surface area contributed by atoms with E-state index in [1.54, 1.807) is 6.07 Å². The van der Waals surface area contributed by atoms with E-state index in [1.807, 2.05) is 6.92 Å². The molecule has 6 heteroatoms. The highest BCUT2D eigenvalue weighted by Gasteiger charge is 2.17. The van der Waals surface area contributed by atoms with Crippen LogP contribution in [0.25, 0.3) is 0 Å². The SMILES string of the molecule is CCC(CC)N(CCO)c1cc(NN)nc(C)n1. The van der Waals surface area contributed by atoms with Crippen LogP contribution in [0, 0.1) is 6.92 Å². The molecule has 0 unspecified atom stereocenters. The summed E-state index contributed by atoms with van der Waals surface area (Å²) in [6.07, 6.45) is 2.01. The molecule has 0 fully saturated rings. The number of aliphatic hydroxyl groups excluding tert-OH is 1. The number of nitrogen functional groups attached to an aromatic ring is 1. The van der Waals surface area contributed by atoms with Gasteiger partial charge in [0, 0.05) is 18.7 Å². The van der Waals surface area contributed by atoms with Crippen molar-refractivity contribution in [3.05, 3.63) is 11.9 Å². The molecule has 18 heavy (non-hydrogen) atoms. The van der Waals surface area contributed by atoms with Gasteiger partial charge in [-0.2, -0.15) is 0 Å². The second-order valence-electron chi connectivity index (χ2n) is 4.19. The number of aromatic nitrogens is 2. The average molecular weight is 253 g/mol. The zero-order valence-corrected chi connectivity index (χ0v) is 11.3. The normalized spacial score (nSPS) is 10.8. The molecule has 1 aromatic rings. The van der Waals surface area contributed by atoms with Crippen molar-refractivity contribution in [2.24, 2.45) is 5.84 Å². The third-order valence-electron chi connectivity index (χ3n) is 2.99. The lowest BCUT2D eigenvalue weighted by Crippen LogP contribution is -2.37. The Morgan fingerprint density at radius 2 is 2.06 bits per heavy atom. The molecule has 102 valence electrons. The molecule has 0 saturated heterocycles. The van der Waals surface area contributed by atoms with Crippen molar-refractivity contribution in [1.82, 2.24) is 9.97 Å². The predicted molar refractivity (Wildman–Crippen MR) is 73.4 cm³/mol. The van der Waals surface area contributed by atoms with Crippen LogP contribution in [-0.2, 0) is 0 Å². The molecule has 0 bridgehead atoms. The predicted octanol–water partition coefficient (Wildman–Crippen LogP) is 1.06. The summed E-state index contributed by atoms with van der Waals surface area (Å²) in [6.45, 7) is 6.76. The van der Waals surface area contributed by atoms with Crippen LogP contribution in [0.2, 0.25) is 0 Å². The molecule has 6 nitrogen and oxygen atoms in total. The summed E-state index contributed by atoms with van der Waals surface area (Å²) < 4.78 is 0. The number of nitrogens with two attached hydrogens (primary N) is 1. The monoisotopic (exact) mass is 253 g/mol. The standard InChI is InChI=1S/C12H23N5O/c1-4-10(5-2)17(6-7-18)12-8-11(16-13)14-9(3)15-12/h8,10,18H,4-7,13H2,1-3H3,(H,14,15,16). The summed E-state index contributed by atoms with van der Waals surface area (Å²) in [5.74, 6) is 7.45. The Balaban J connectivity index is 3.07. The van der Waals surface area contributed by atoms with Crippen LogP contribution in [0.15, 0.2) is 6.07 Å². The molecule has 0 aliphatic carbocycles. The van der Waals surface area contributed by atoms with E-state index in [9.17, 15) is 5.11 Å². The van der Waals surface area contributed by atoms with E-state index in [0.29, 0.717) is 24.2 Å². The Morgan fingerprint density at radius 3 is 2.56 bits per heavy atom. The molecule has 0 aliphatic rings. The Kier molecular flexibility index (Phi) is 5.80. The molecule has 1 rings (SSSR count). The van der Waals surface area contributed by atoms with Crippen LogP contribution in [-0.4, -0.2) is 34.3 Å². The fourth-order valence-electron chi connectivity index (χ4n) is 2.09. The molecule has 0 radical (unpaired) electrons. The lowest BCUT2D eigenvalue weighted by atomic mass is 10.1. The molecule has 1 aromatic heterocycles. The lowest BCUT2D eigenvalue weighted by molar-refractivity contribution is 0.295. The Morgan fingerprint density at radius 1 is 1.39 bits per heavy atom. The van der Waals surface area contributed by atoms with Gasteiger partial charge in [-0.15, -0.1) is 0 Å². The van der Waals surface area contributed by atoms with Crippen LogP contribution in [0.5, 0.6) is 0 Å². The van der Waals surface area contributed by atoms with E-state index < -0.39 is 0 Å². The van der Waals surface area contributed by atoms with E-state index in [-0.39, 0.29) is 6.61 Å². The number of anilines is 2. The number of aryl methyl sites for hydroxylation is 1. The van der Waals surface area contributed by atoms with Gasteiger partial charge in [0.2, 0.25) is 0 Å². The number of nitrogens with one attached hydrogen (secondary N) is 1. The number of nitrogens with zero attached hydrogens (tertiary/aromatic N) is 3. The van der Waals surface area contributed by atoms with E-state index in [1.165, 1.54) is 0 Å². The maximum Gasteiger partial charge on any atom is 0.145 e. The Labute approximate surface area is 108 Å². The molecule has 4 N–H and O–H groups in total. The van der Waals surface area contributed by atoms with Crippen LogP contribution >= 0.6 is 0 Å². The summed E-state index contributed by atoms with van der Waals surface area (Å²) in [5, 5.41) is 9.21. The Hall–Kier alpha value is -1.40. The van der Waals surface area contributed by atoms with Crippen LogP contribution in [0.1, 0.15) is 32.5 Å². The highest BCUT2D eigenvalue weighted by atomic mass is 16.3. The highest BCUT2D eigenvalue weighted by molar-refractivity contribution is 5.49. The number of aliphatic hydroxyl groups is 1. The van der Waals surface area contributed by atoms with Gasteiger partial charge in [-0.3, -0.25) is 0 Å². The van der Waals surface area contributed by atoms with Crippen molar-refractivity contribution in [3.63, 3.8) is 0 Å². The van der Waals surface area contributed by atoms with Crippen LogP contribution in [0.3, 0.4) is 0 Å². The minimum absolute atomic E-state index is 0.102. The largest absolute Gasteiger partial charge is 0.395 e. The van der Waals surface area contributed by atoms with Crippen molar-refractivity contribution in [2.75, 3.05) is 23.5 Å². The molecule has 0 atom stereocenters. The third kappa shape index (κ3) is 3.54. The van der Waals surface area contributed by atoms with E-state index >= 15 is 0 Å². The quantitative estimate of drug-likeness (QED) is 0.497. The van der Waals surface area contributed by atoms with Crippen LogP contribution in [0.4, 0.5) is 11.6 Å². The number of hydrogen-bond donors (Lipinski definition) is 3. The molecule has 0 aromatic carbocycles. The first-order valence-electron chi connectivity index (χ1n) is 6.36. The third-order valence-corrected chi connectivity index (χ3v) is 2.99. The van der Waals surface area contributed by atoms with Crippen molar-refractivity contribution in [3.8, 4) is 0 Å². The molecular weight excluding hydrogens is 230 g/mol. The first-order chi connectivity index (χ1) is 8.65. The smallest absolute Gasteiger partial charge is 0.145 e. The van der Waals surface area contributed by atoms with Gasteiger partial charge in [0.1, 0.15) is 17.5 Å². The number of hydrogen-bond acceptors (Lipinski definition) is 6. The zero-order valence-electron chi connectivity index (χ0n) is 11.3. The summed E-state index contributed by atoms with van der Waals surface area (Å²) >= 11 is 0. The van der Waals surface area contributed by atoms with Crippen LogP contribution < -0.4 is 16.2 Å². The zero-order chi connectivity index (χ0) is 13.5. The summed E-state index contributed by atoms with van der Waals surface area (Å²) in [4.78, 5) is 10.7. The van der Waals surface area contributed by atoms with Gasteiger partial charge in [-0.1, -0.05) is 13.8 Å². The second-order valence-corrected chi connectivity index (χ2v) is 4.19. The van der Waals surface area contributed by atoms with Crippen molar-refractivity contribution >= 4 is 11.6 Å².